The molecule has 0 saturated carbocycles. The number of benzene rings is 1. The molecule has 4 aromatic rings. The van der Waals surface area contributed by atoms with Crippen LogP contribution in [0.15, 0.2) is 48.8 Å². The van der Waals surface area contributed by atoms with Gasteiger partial charge in [-0.1, -0.05) is 36.5 Å². The summed E-state index contributed by atoms with van der Waals surface area (Å²) in [5.74, 6) is 0.567. The number of carbonyl (C=O) groups is 1. The molecule has 1 aromatic carbocycles. The Morgan fingerprint density at radius 3 is 2.82 bits per heavy atom. The van der Waals surface area contributed by atoms with Crippen LogP contribution in [0.25, 0.3) is 21.3 Å². The van der Waals surface area contributed by atoms with Crippen LogP contribution in [0, 0.1) is 6.92 Å². The van der Waals surface area contributed by atoms with Crippen LogP contribution in [0.5, 0.6) is 0 Å². The maximum atomic E-state index is 13.9. The van der Waals surface area contributed by atoms with Gasteiger partial charge in [-0.3, -0.25) is 14.7 Å². The van der Waals surface area contributed by atoms with E-state index in [-0.39, 0.29) is 11.9 Å². The van der Waals surface area contributed by atoms with Crippen molar-refractivity contribution in [2.24, 2.45) is 0 Å². The standard InChI is InChI=1S/C25H26N6OS/c1-3-21-29-30-24(33-21)18-9-10-20(28-14-18)25(32)31(19-8-5-12-26-15-19)23-22-16(2)6-4-7-17(22)11-13-27-23/h4,6-7,9-11,13-14,19,26H,3,5,8,12,15H2,1-2H3/t19-/m1/s1. The van der Waals surface area contributed by atoms with Crippen LogP contribution >= 0.6 is 11.3 Å². The molecule has 1 atom stereocenters. The molecule has 1 N–H and O–H groups in total. The summed E-state index contributed by atoms with van der Waals surface area (Å²) in [6.45, 7) is 5.82. The van der Waals surface area contributed by atoms with Gasteiger partial charge >= 0.3 is 0 Å². The van der Waals surface area contributed by atoms with E-state index < -0.39 is 0 Å². The minimum absolute atomic E-state index is 0.0145. The number of rotatable bonds is 5. The zero-order valence-corrected chi connectivity index (χ0v) is 19.6. The highest BCUT2D eigenvalue weighted by Gasteiger charge is 2.31. The van der Waals surface area contributed by atoms with Crippen molar-refractivity contribution in [2.45, 2.75) is 39.2 Å². The molecule has 0 spiro atoms. The number of pyridine rings is 2. The van der Waals surface area contributed by atoms with E-state index in [2.05, 4.69) is 46.5 Å². The molecule has 1 saturated heterocycles. The van der Waals surface area contributed by atoms with Crippen molar-refractivity contribution in [3.63, 3.8) is 0 Å². The summed E-state index contributed by atoms with van der Waals surface area (Å²) in [4.78, 5) is 25.0. The predicted molar refractivity (Wildman–Crippen MR) is 132 cm³/mol. The summed E-state index contributed by atoms with van der Waals surface area (Å²) < 4.78 is 0. The smallest absolute Gasteiger partial charge is 0.278 e. The van der Waals surface area contributed by atoms with Crippen molar-refractivity contribution in [3.8, 4) is 10.6 Å². The van der Waals surface area contributed by atoms with Crippen molar-refractivity contribution in [3.05, 3.63) is 65.1 Å². The van der Waals surface area contributed by atoms with Crippen LogP contribution in [0.4, 0.5) is 5.82 Å². The highest BCUT2D eigenvalue weighted by molar-refractivity contribution is 7.14. The van der Waals surface area contributed by atoms with E-state index in [4.69, 9.17) is 4.98 Å². The fraction of sp³-hybridized carbons (Fsp3) is 0.320. The van der Waals surface area contributed by atoms with E-state index in [1.54, 1.807) is 29.8 Å². The van der Waals surface area contributed by atoms with E-state index in [1.165, 1.54) is 0 Å². The van der Waals surface area contributed by atoms with Gasteiger partial charge in [-0.2, -0.15) is 0 Å². The van der Waals surface area contributed by atoms with E-state index in [1.807, 2.05) is 23.1 Å². The van der Waals surface area contributed by atoms with E-state index in [0.29, 0.717) is 11.5 Å². The first-order valence-corrected chi connectivity index (χ1v) is 12.1. The third kappa shape index (κ3) is 4.24. The first-order chi connectivity index (χ1) is 16.2. The van der Waals surface area contributed by atoms with Gasteiger partial charge in [-0.15, -0.1) is 10.2 Å². The Bertz CT molecular complexity index is 1270. The quantitative estimate of drug-likeness (QED) is 0.477. The molecule has 0 bridgehead atoms. The first-order valence-electron chi connectivity index (χ1n) is 11.3. The molecule has 1 aliphatic heterocycles. The molecule has 168 valence electrons. The van der Waals surface area contributed by atoms with Gasteiger partial charge in [0, 0.05) is 29.9 Å². The summed E-state index contributed by atoms with van der Waals surface area (Å²) in [7, 11) is 0. The third-order valence-electron chi connectivity index (χ3n) is 6.06. The number of aryl methyl sites for hydroxylation is 2. The van der Waals surface area contributed by atoms with Crippen molar-refractivity contribution >= 4 is 33.8 Å². The first kappa shape index (κ1) is 21.6. The second-order valence-corrected chi connectivity index (χ2v) is 9.33. The van der Waals surface area contributed by atoms with Crippen LogP contribution < -0.4 is 10.2 Å². The lowest BCUT2D eigenvalue weighted by Crippen LogP contribution is -2.49. The van der Waals surface area contributed by atoms with Gasteiger partial charge in [0.2, 0.25) is 0 Å². The monoisotopic (exact) mass is 458 g/mol. The van der Waals surface area contributed by atoms with Crippen LogP contribution in [-0.2, 0) is 6.42 Å². The number of hydrogen-bond donors (Lipinski definition) is 1. The molecule has 7 nitrogen and oxygen atoms in total. The zero-order chi connectivity index (χ0) is 22.8. The Balaban J connectivity index is 1.54. The third-order valence-corrected chi connectivity index (χ3v) is 7.18. The molecule has 0 aliphatic carbocycles. The van der Waals surface area contributed by atoms with Gasteiger partial charge in [0.1, 0.15) is 21.5 Å². The molecule has 8 heteroatoms. The molecule has 33 heavy (non-hydrogen) atoms. The number of nitrogens with one attached hydrogen (secondary N) is 1. The molecular formula is C25H26N6OS. The van der Waals surface area contributed by atoms with Crippen LogP contribution in [-0.4, -0.2) is 45.2 Å². The fourth-order valence-electron chi connectivity index (χ4n) is 4.34. The summed E-state index contributed by atoms with van der Waals surface area (Å²) in [5, 5.41) is 15.8. The molecule has 1 fully saturated rings. The Kier molecular flexibility index (Phi) is 6.11. The average molecular weight is 459 g/mol. The summed E-state index contributed by atoms with van der Waals surface area (Å²) >= 11 is 1.55. The van der Waals surface area contributed by atoms with E-state index >= 15 is 0 Å². The van der Waals surface area contributed by atoms with Gasteiger partial charge in [0.25, 0.3) is 5.91 Å². The van der Waals surface area contributed by atoms with E-state index in [9.17, 15) is 4.79 Å². The highest BCUT2D eigenvalue weighted by atomic mass is 32.1. The topological polar surface area (TPSA) is 83.9 Å². The van der Waals surface area contributed by atoms with Crippen molar-refractivity contribution < 1.29 is 4.79 Å². The molecular weight excluding hydrogens is 432 g/mol. The zero-order valence-electron chi connectivity index (χ0n) is 18.8. The van der Waals surface area contributed by atoms with Crippen LogP contribution in [0.2, 0.25) is 0 Å². The maximum Gasteiger partial charge on any atom is 0.278 e. The molecule has 5 rings (SSSR count). The number of anilines is 1. The predicted octanol–water partition coefficient (Wildman–Crippen LogP) is 4.42. The highest BCUT2D eigenvalue weighted by Crippen LogP contribution is 2.31. The molecule has 0 radical (unpaired) electrons. The molecule has 0 unspecified atom stereocenters. The van der Waals surface area contributed by atoms with Gasteiger partial charge in [-0.05, 0) is 61.9 Å². The summed E-state index contributed by atoms with van der Waals surface area (Å²) in [6, 6.07) is 11.9. The largest absolute Gasteiger partial charge is 0.315 e. The second-order valence-electron chi connectivity index (χ2n) is 8.27. The maximum absolute atomic E-state index is 13.9. The lowest BCUT2D eigenvalue weighted by molar-refractivity contribution is 0.0967. The summed E-state index contributed by atoms with van der Waals surface area (Å²) in [5.41, 5.74) is 2.37. The number of amides is 1. The Labute approximate surface area is 196 Å². The Morgan fingerprint density at radius 2 is 2.09 bits per heavy atom. The van der Waals surface area contributed by atoms with Gasteiger partial charge in [0.05, 0.1) is 6.04 Å². The van der Waals surface area contributed by atoms with Crippen molar-refractivity contribution in [1.29, 1.82) is 0 Å². The lowest BCUT2D eigenvalue weighted by Gasteiger charge is -2.34. The fourth-order valence-corrected chi connectivity index (χ4v) is 5.11. The number of piperidine rings is 1. The minimum atomic E-state index is -0.134. The molecule has 3 aromatic heterocycles. The Hall–Kier alpha value is -3.23. The van der Waals surface area contributed by atoms with Gasteiger partial charge in [0.15, 0.2) is 0 Å². The average Bonchev–Trinajstić information content (AvgIpc) is 3.35. The molecule has 1 amide bonds. The van der Waals surface area contributed by atoms with Crippen LogP contribution in [0.1, 0.15) is 40.8 Å². The number of carbonyl (C=O) groups excluding carboxylic acids is 1. The number of fused-ring (bicyclic) bond motifs is 1. The second kappa shape index (κ2) is 9.33. The molecule has 1 aliphatic rings. The SMILES string of the molecule is CCc1nnc(-c2ccc(C(=O)N(c3nccc4cccc(C)c34)[C@@H]3CCCNC3)nc2)s1. The van der Waals surface area contributed by atoms with Crippen molar-refractivity contribution in [1.82, 2.24) is 25.5 Å². The van der Waals surface area contributed by atoms with Gasteiger partial charge < -0.3 is 5.32 Å². The van der Waals surface area contributed by atoms with Crippen LogP contribution in [0.3, 0.4) is 0 Å². The summed E-state index contributed by atoms with van der Waals surface area (Å²) in [6.07, 6.45) is 6.29. The normalized spacial score (nSPS) is 16.1. The molecule has 4 heterocycles. The van der Waals surface area contributed by atoms with E-state index in [0.717, 1.165) is 64.3 Å². The van der Waals surface area contributed by atoms with Crippen molar-refractivity contribution in [2.75, 3.05) is 18.0 Å². The number of nitrogens with zero attached hydrogens (tertiary/aromatic N) is 5. The van der Waals surface area contributed by atoms with Gasteiger partial charge in [-0.25, -0.2) is 4.98 Å². The number of aromatic nitrogens is 4. The Morgan fingerprint density at radius 1 is 1.18 bits per heavy atom. The lowest BCUT2D eigenvalue weighted by atomic mass is 10.0. The minimum Gasteiger partial charge on any atom is -0.315 e. The number of hydrogen-bond acceptors (Lipinski definition) is 7.